The SMILES string of the molecule is OC1CCC(COc2nc(Nc3cnn(C4CCOCC4)c3C3CC3)ncc2F)CC1. The van der Waals surface area contributed by atoms with E-state index in [4.69, 9.17) is 9.47 Å². The summed E-state index contributed by atoms with van der Waals surface area (Å²) in [4.78, 5) is 8.40. The Hall–Kier alpha value is -2.26. The fourth-order valence-electron chi connectivity index (χ4n) is 4.59. The predicted molar refractivity (Wildman–Crippen MR) is 112 cm³/mol. The van der Waals surface area contributed by atoms with Gasteiger partial charge in [-0.3, -0.25) is 4.68 Å². The van der Waals surface area contributed by atoms with E-state index in [2.05, 4.69) is 25.1 Å². The van der Waals surface area contributed by atoms with Crippen LogP contribution in [0.2, 0.25) is 0 Å². The van der Waals surface area contributed by atoms with Crippen LogP contribution < -0.4 is 10.1 Å². The fraction of sp³-hybridized carbons (Fsp3) is 0.682. The van der Waals surface area contributed by atoms with Gasteiger partial charge >= 0.3 is 0 Å². The molecule has 0 amide bonds. The standard InChI is InChI=1S/C22H30FN5O3/c23-18-11-24-22(27-21(18)31-13-14-1-5-17(29)6-2-14)26-19-12-25-28(20(19)15-3-4-15)16-7-9-30-10-8-16/h11-12,14-17,29H,1-10,13H2,(H,24,26,27). The van der Waals surface area contributed by atoms with Crippen molar-refractivity contribution in [2.75, 3.05) is 25.1 Å². The Kier molecular flexibility index (Phi) is 6.04. The molecule has 2 N–H and O–H groups in total. The summed E-state index contributed by atoms with van der Waals surface area (Å²) in [6, 6.07) is 0.349. The van der Waals surface area contributed by atoms with Crippen molar-refractivity contribution in [3.05, 3.63) is 23.9 Å². The number of hydrogen-bond donors (Lipinski definition) is 2. The number of nitrogens with one attached hydrogen (secondary N) is 1. The zero-order valence-electron chi connectivity index (χ0n) is 17.7. The van der Waals surface area contributed by atoms with E-state index >= 15 is 0 Å². The van der Waals surface area contributed by atoms with Crippen LogP contribution in [0.4, 0.5) is 16.0 Å². The minimum absolute atomic E-state index is 0.0339. The summed E-state index contributed by atoms with van der Waals surface area (Å²) in [6.45, 7) is 1.92. The molecule has 1 aliphatic heterocycles. The van der Waals surface area contributed by atoms with Gasteiger partial charge in [0.15, 0.2) is 0 Å². The van der Waals surface area contributed by atoms with Crippen LogP contribution >= 0.6 is 0 Å². The monoisotopic (exact) mass is 431 g/mol. The first-order chi connectivity index (χ1) is 15.2. The number of hydrogen-bond acceptors (Lipinski definition) is 7. The lowest BCUT2D eigenvalue weighted by Gasteiger charge is -2.25. The van der Waals surface area contributed by atoms with Crippen LogP contribution in [-0.4, -0.2) is 50.8 Å². The van der Waals surface area contributed by atoms with Crippen molar-refractivity contribution in [1.82, 2.24) is 19.7 Å². The second-order valence-electron chi connectivity index (χ2n) is 8.96. The zero-order chi connectivity index (χ0) is 21.2. The van der Waals surface area contributed by atoms with Gasteiger partial charge in [0.05, 0.1) is 42.5 Å². The van der Waals surface area contributed by atoms with E-state index in [0.29, 0.717) is 30.4 Å². The molecule has 0 atom stereocenters. The Balaban J connectivity index is 1.29. The van der Waals surface area contributed by atoms with E-state index in [9.17, 15) is 9.50 Å². The first-order valence-electron chi connectivity index (χ1n) is 11.4. The number of nitrogens with zero attached hydrogens (tertiary/aromatic N) is 4. The molecule has 3 heterocycles. The highest BCUT2D eigenvalue weighted by Crippen LogP contribution is 2.45. The summed E-state index contributed by atoms with van der Waals surface area (Å²) >= 11 is 0. The second-order valence-corrected chi connectivity index (χ2v) is 8.96. The number of aliphatic hydroxyl groups excluding tert-OH is 1. The largest absolute Gasteiger partial charge is 0.475 e. The van der Waals surface area contributed by atoms with Crippen molar-refractivity contribution in [2.24, 2.45) is 5.92 Å². The van der Waals surface area contributed by atoms with Crippen LogP contribution in [0.3, 0.4) is 0 Å². The van der Waals surface area contributed by atoms with Crippen LogP contribution in [0.5, 0.6) is 5.88 Å². The quantitative estimate of drug-likeness (QED) is 0.690. The zero-order valence-corrected chi connectivity index (χ0v) is 17.7. The van der Waals surface area contributed by atoms with E-state index in [0.717, 1.165) is 76.5 Å². The lowest BCUT2D eigenvalue weighted by molar-refractivity contribution is 0.0654. The van der Waals surface area contributed by atoms with Gasteiger partial charge in [0.2, 0.25) is 11.8 Å². The average Bonchev–Trinajstić information content (AvgIpc) is 3.55. The molecule has 0 radical (unpaired) electrons. The van der Waals surface area contributed by atoms with Crippen molar-refractivity contribution in [3.8, 4) is 5.88 Å². The number of anilines is 2. The third kappa shape index (κ3) is 4.82. The normalized spacial score (nSPS) is 24.8. The third-order valence-corrected chi connectivity index (χ3v) is 6.57. The lowest BCUT2D eigenvalue weighted by Crippen LogP contribution is -2.23. The predicted octanol–water partition coefficient (Wildman–Crippen LogP) is 3.71. The number of aliphatic hydroxyl groups is 1. The Labute approximate surface area is 181 Å². The molecule has 0 unspecified atom stereocenters. The maximum atomic E-state index is 14.2. The van der Waals surface area contributed by atoms with Crippen molar-refractivity contribution < 1.29 is 19.0 Å². The molecule has 3 aliphatic rings. The Bertz CT molecular complexity index is 889. The number of ether oxygens (including phenoxy) is 2. The first kappa shape index (κ1) is 20.6. The molecule has 9 heteroatoms. The molecule has 3 fully saturated rings. The molecule has 1 saturated heterocycles. The molecule has 0 bridgehead atoms. The Morgan fingerprint density at radius 2 is 1.87 bits per heavy atom. The van der Waals surface area contributed by atoms with Crippen molar-refractivity contribution >= 4 is 11.6 Å². The number of halogens is 1. The molecule has 2 aromatic rings. The molecular weight excluding hydrogens is 401 g/mol. The van der Waals surface area contributed by atoms with Crippen LogP contribution in [0, 0.1) is 11.7 Å². The smallest absolute Gasteiger partial charge is 0.255 e. The summed E-state index contributed by atoms with van der Waals surface area (Å²) in [6.07, 6.45) is 10.3. The van der Waals surface area contributed by atoms with E-state index in [1.807, 2.05) is 6.20 Å². The van der Waals surface area contributed by atoms with Crippen LogP contribution in [0.1, 0.15) is 69.0 Å². The first-order valence-corrected chi connectivity index (χ1v) is 11.4. The second kappa shape index (κ2) is 9.08. The van der Waals surface area contributed by atoms with E-state index in [1.54, 1.807) is 0 Å². The topological polar surface area (TPSA) is 94.3 Å². The maximum Gasteiger partial charge on any atom is 0.255 e. The number of aromatic nitrogens is 4. The molecule has 31 heavy (non-hydrogen) atoms. The average molecular weight is 432 g/mol. The van der Waals surface area contributed by atoms with E-state index in [1.165, 1.54) is 5.69 Å². The van der Waals surface area contributed by atoms with Crippen molar-refractivity contribution in [2.45, 2.75) is 69.4 Å². The van der Waals surface area contributed by atoms with Gasteiger partial charge in [-0.05, 0) is 57.3 Å². The van der Waals surface area contributed by atoms with Gasteiger partial charge in [-0.1, -0.05) is 0 Å². The van der Waals surface area contributed by atoms with Gasteiger partial charge < -0.3 is 19.9 Å². The maximum absolute atomic E-state index is 14.2. The molecule has 2 aliphatic carbocycles. The van der Waals surface area contributed by atoms with Gasteiger partial charge in [0, 0.05) is 19.1 Å². The van der Waals surface area contributed by atoms with Gasteiger partial charge in [0.1, 0.15) is 0 Å². The molecule has 2 saturated carbocycles. The van der Waals surface area contributed by atoms with Gasteiger partial charge in [-0.15, -0.1) is 0 Å². The molecule has 168 valence electrons. The lowest BCUT2D eigenvalue weighted by atomic mass is 9.88. The van der Waals surface area contributed by atoms with E-state index in [-0.39, 0.29) is 12.0 Å². The summed E-state index contributed by atoms with van der Waals surface area (Å²) in [7, 11) is 0. The third-order valence-electron chi connectivity index (χ3n) is 6.57. The van der Waals surface area contributed by atoms with Crippen LogP contribution in [-0.2, 0) is 4.74 Å². The molecule has 8 nitrogen and oxygen atoms in total. The minimum atomic E-state index is -0.568. The highest BCUT2D eigenvalue weighted by atomic mass is 19.1. The fourth-order valence-corrected chi connectivity index (χ4v) is 4.59. The summed E-state index contributed by atoms with van der Waals surface area (Å²) in [5.41, 5.74) is 2.07. The summed E-state index contributed by atoms with van der Waals surface area (Å²) in [5, 5.41) is 17.5. The summed E-state index contributed by atoms with van der Waals surface area (Å²) in [5.74, 6) is 0.512. The van der Waals surface area contributed by atoms with E-state index < -0.39 is 5.82 Å². The molecular formula is C22H30FN5O3. The minimum Gasteiger partial charge on any atom is -0.475 e. The van der Waals surface area contributed by atoms with Crippen molar-refractivity contribution in [1.29, 1.82) is 0 Å². The summed E-state index contributed by atoms with van der Waals surface area (Å²) < 4.78 is 27.6. The molecule has 5 rings (SSSR count). The molecule has 0 aromatic carbocycles. The van der Waals surface area contributed by atoms with Crippen molar-refractivity contribution in [3.63, 3.8) is 0 Å². The molecule has 0 spiro atoms. The van der Waals surface area contributed by atoms with Crippen LogP contribution in [0.25, 0.3) is 0 Å². The highest BCUT2D eigenvalue weighted by molar-refractivity contribution is 5.58. The Morgan fingerprint density at radius 1 is 1.10 bits per heavy atom. The van der Waals surface area contributed by atoms with Crippen LogP contribution in [0.15, 0.2) is 12.4 Å². The molecule has 2 aromatic heterocycles. The Morgan fingerprint density at radius 3 is 2.61 bits per heavy atom. The van der Waals surface area contributed by atoms with Gasteiger partial charge in [0.25, 0.3) is 5.88 Å². The highest BCUT2D eigenvalue weighted by Gasteiger charge is 2.33. The van der Waals surface area contributed by atoms with Gasteiger partial charge in [-0.25, -0.2) is 4.98 Å². The number of rotatable bonds is 7. The van der Waals surface area contributed by atoms with Gasteiger partial charge in [-0.2, -0.15) is 14.5 Å².